The van der Waals surface area contributed by atoms with E-state index in [0.717, 1.165) is 42.3 Å². The molecule has 0 saturated carbocycles. The molecule has 4 heterocycles. The molecule has 2 atom stereocenters. The predicted octanol–water partition coefficient (Wildman–Crippen LogP) is 5.13. The third kappa shape index (κ3) is 4.09. The van der Waals surface area contributed by atoms with E-state index in [1.807, 2.05) is 6.07 Å². The Balaban J connectivity index is 1.39. The topological polar surface area (TPSA) is 32.3 Å². The first-order valence-electron chi connectivity index (χ1n) is 9.31. The van der Waals surface area contributed by atoms with E-state index in [4.69, 9.17) is 0 Å². The van der Waals surface area contributed by atoms with E-state index in [2.05, 4.69) is 17.1 Å². The van der Waals surface area contributed by atoms with Gasteiger partial charge < -0.3 is 5.32 Å². The summed E-state index contributed by atoms with van der Waals surface area (Å²) in [6, 6.07) is 9.27. The summed E-state index contributed by atoms with van der Waals surface area (Å²) >= 11 is 2.74. The zero-order chi connectivity index (χ0) is 19.9. The zero-order valence-electron chi connectivity index (χ0n) is 15.3. The zero-order valence-corrected chi connectivity index (χ0v) is 17.0. The van der Waals surface area contributed by atoms with Crippen LogP contribution in [0.1, 0.15) is 35.0 Å². The summed E-state index contributed by atoms with van der Waals surface area (Å²) in [6.07, 6.45) is -2.06. The molecule has 28 heavy (non-hydrogen) atoms. The molecule has 1 aromatic carbocycles. The molecule has 1 N–H and O–H groups in total. The minimum atomic E-state index is -4.33. The second kappa shape index (κ2) is 7.72. The van der Waals surface area contributed by atoms with Crippen molar-refractivity contribution in [3.63, 3.8) is 0 Å². The quantitative estimate of drug-likeness (QED) is 0.736. The molecule has 1 amide bonds. The first-order chi connectivity index (χ1) is 13.3. The number of carbonyl (C=O) groups excluding carboxylic acids is 1. The molecule has 3 saturated heterocycles. The summed E-state index contributed by atoms with van der Waals surface area (Å²) in [5.41, 5.74) is -0.658. The molecule has 0 unspecified atom stereocenters. The fraction of sp³-hybridized carbons (Fsp3) is 0.450. The normalized spacial score (nSPS) is 27.0. The number of piperidine rings is 3. The van der Waals surface area contributed by atoms with Crippen LogP contribution in [-0.2, 0) is 6.18 Å². The summed E-state index contributed by atoms with van der Waals surface area (Å²) in [7, 11) is 0. The lowest BCUT2D eigenvalue weighted by Gasteiger charge is -2.49. The van der Waals surface area contributed by atoms with Gasteiger partial charge in [0.05, 0.1) is 14.6 Å². The maximum Gasteiger partial charge on any atom is 0.416 e. The molecule has 2 bridgehead atoms. The molecule has 0 spiro atoms. The average Bonchev–Trinajstić information content (AvgIpc) is 3.13. The molecular weight excluding hydrogens is 405 g/mol. The van der Waals surface area contributed by atoms with Gasteiger partial charge in [-0.15, -0.1) is 11.3 Å². The lowest BCUT2D eigenvalue weighted by atomic mass is 9.79. The SMILES string of the molecule is C[C@H]1[C@H](NC(=O)c2ccc(Sc3ccc(C(F)(F)F)cc3)s2)C2CCN1CC2. The third-order valence-corrected chi connectivity index (χ3v) is 7.90. The average molecular weight is 427 g/mol. The van der Waals surface area contributed by atoms with E-state index >= 15 is 0 Å². The van der Waals surface area contributed by atoms with Gasteiger partial charge >= 0.3 is 6.18 Å². The largest absolute Gasteiger partial charge is 0.416 e. The van der Waals surface area contributed by atoms with Crippen LogP contribution < -0.4 is 5.32 Å². The van der Waals surface area contributed by atoms with Crippen LogP contribution in [0.15, 0.2) is 45.5 Å². The Morgan fingerprint density at radius 3 is 2.43 bits per heavy atom. The van der Waals surface area contributed by atoms with Gasteiger partial charge in [0.1, 0.15) is 0 Å². The highest BCUT2D eigenvalue weighted by Crippen LogP contribution is 2.36. The van der Waals surface area contributed by atoms with Crippen molar-refractivity contribution < 1.29 is 18.0 Å². The first kappa shape index (κ1) is 19.8. The van der Waals surface area contributed by atoms with Crippen LogP contribution in [0.3, 0.4) is 0 Å². The molecular formula is C20H21F3N2OS2. The molecule has 2 aromatic rings. The van der Waals surface area contributed by atoms with Gasteiger partial charge in [0, 0.05) is 17.0 Å². The number of carbonyl (C=O) groups is 1. The van der Waals surface area contributed by atoms with Crippen molar-refractivity contribution in [2.24, 2.45) is 5.92 Å². The number of alkyl halides is 3. The van der Waals surface area contributed by atoms with Crippen LogP contribution in [0.2, 0.25) is 0 Å². The highest BCUT2D eigenvalue weighted by molar-refractivity contribution is 8.01. The molecule has 0 radical (unpaired) electrons. The van der Waals surface area contributed by atoms with Gasteiger partial charge in [0.25, 0.3) is 5.91 Å². The number of rotatable bonds is 4. The van der Waals surface area contributed by atoms with Crippen molar-refractivity contribution in [3.8, 4) is 0 Å². The molecule has 3 nitrogen and oxygen atoms in total. The summed E-state index contributed by atoms with van der Waals surface area (Å²) < 4.78 is 38.9. The summed E-state index contributed by atoms with van der Waals surface area (Å²) in [4.78, 5) is 16.5. The second-order valence-electron chi connectivity index (χ2n) is 7.36. The van der Waals surface area contributed by atoms with Gasteiger partial charge in [-0.05, 0) is 75.2 Å². The van der Waals surface area contributed by atoms with Crippen molar-refractivity contribution in [1.82, 2.24) is 10.2 Å². The number of thiophene rings is 1. The molecule has 3 fully saturated rings. The van der Waals surface area contributed by atoms with Crippen LogP contribution in [0.5, 0.6) is 0 Å². The number of fused-ring (bicyclic) bond motifs is 3. The maximum absolute atomic E-state index is 12.7. The Hall–Kier alpha value is -1.51. The van der Waals surface area contributed by atoms with E-state index in [9.17, 15) is 18.0 Å². The second-order valence-corrected chi connectivity index (χ2v) is 9.81. The van der Waals surface area contributed by atoms with Crippen molar-refractivity contribution in [2.75, 3.05) is 13.1 Å². The van der Waals surface area contributed by atoms with E-state index in [0.29, 0.717) is 21.7 Å². The predicted molar refractivity (Wildman–Crippen MR) is 105 cm³/mol. The number of nitrogens with one attached hydrogen (secondary N) is 1. The van der Waals surface area contributed by atoms with Crippen LogP contribution in [0.4, 0.5) is 13.2 Å². The van der Waals surface area contributed by atoms with Crippen molar-refractivity contribution in [2.45, 2.75) is 47.1 Å². The van der Waals surface area contributed by atoms with Crippen molar-refractivity contribution >= 4 is 29.0 Å². The van der Waals surface area contributed by atoms with Gasteiger partial charge in [-0.3, -0.25) is 9.69 Å². The highest BCUT2D eigenvalue weighted by atomic mass is 32.2. The van der Waals surface area contributed by atoms with Crippen molar-refractivity contribution in [3.05, 3.63) is 46.8 Å². The molecule has 3 aliphatic heterocycles. The summed E-state index contributed by atoms with van der Waals surface area (Å²) in [6.45, 7) is 4.41. The Labute approximate surface area is 170 Å². The summed E-state index contributed by atoms with van der Waals surface area (Å²) in [5, 5.41) is 3.21. The van der Waals surface area contributed by atoms with Crippen molar-refractivity contribution in [1.29, 1.82) is 0 Å². The van der Waals surface area contributed by atoms with E-state index < -0.39 is 11.7 Å². The fourth-order valence-electron chi connectivity index (χ4n) is 4.09. The Bertz CT molecular complexity index is 840. The van der Waals surface area contributed by atoms with E-state index in [1.165, 1.54) is 35.2 Å². The lowest BCUT2D eigenvalue weighted by molar-refractivity contribution is -0.137. The monoisotopic (exact) mass is 426 g/mol. The Morgan fingerprint density at radius 2 is 1.82 bits per heavy atom. The third-order valence-electron chi connectivity index (χ3n) is 5.68. The molecule has 3 aliphatic rings. The Kier molecular flexibility index (Phi) is 5.46. The number of nitrogens with zero attached hydrogens (tertiary/aromatic N) is 1. The van der Waals surface area contributed by atoms with Crippen LogP contribution in [-0.4, -0.2) is 36.0 Å². The number of hydrogen-bond acceptors (Lipinski definition) is 4. The van der Waals surface area contributed by atoms with Gasteiger partial charge in [-0.1, -0.05) is 11.8 Å². The molecule has 1 aromatic heterocycles. The number of benzene rings is 1. The lowest BCUT2D eigenvalue weighted by Crippen LogP contribution is -2.62. The van der Waals surface area contributed by atoms with Gasteiger partial charge in [0.2, 0.25) is 0 Å². The molecule has 8 heteroatoms. The first-order valence-corrected chi connectivity index (χ1v) is 10.9. The standard InChI is InChI=1S/C20H21F3N2OS2/c1-12-18(13-8-10-25(12)11-9-13)24-19(26)16-6-7-17(28-16)27-15-4-2-14(3-5-15)20(21,22)23/h2-7,12-13,18H,8-11H2,1H3,(H,24,26)/t12-,18-/m0/s1. The van der Waals surface area contributed by atoms with Crippen LogP contribution >= 0.6 is 23.1 Å². The molecule has 5 rings (SSSR count). The number of hydrogen-bond donors (Lipinski definition) is 1. The van der Waals surface area contributed by atoms with Crippen LogP contribution in [0.25, 0.3) is 0 Å². The number of amides is 1. The number of halogens is 3. The molecule has 150 valence electrons. The van der Waals surface area contributed by atoms with Gasteiger partial charge in [0.15, 0.2) is 0 Å². The van der Waals surface area contributed by atoms with E-state index in [-0.39, 0.29) is 11.9 Å². The minimum absolute atomic E-state index is 0.0603. The van der Waals surface area contributed by atoms with Gasteiger partial charge in [-0.25, -0.2) is 0 Å². The highest BCUT2D eigenvalue weighted by Gasteiger charge is 2.40. The van der Waals surface area contributed by atoms with Gasteiger partial charge in [-0.2, -0.15) is 13.2 Å². The van der Waals surface area contributed by atoms with Crippen LogP contribution in [0, 0.1) is 5.92 Å². The summed E-state index contributed by atoms with van der Waals surface area (Å²) in [5.74, 6) is 0.486. The fourth-order valence-corrected chi connectivity index (χ4v) is 6.10. The van der Waals surface area contributed by atoms with E-state index in [1.54, 1.807) is 6.07 Å². The Morgan fingerprint density at radius 1 is 1.14 bits per heavy atom. The molecule has 0 aliphatic carbocycles. The minimum Gasteiger partial charge on any atom is -0.347 e. The smallest absolute Gasteiger partial charge is 0.347 e. The maximum atomic E-state index is 12.7.